The summed E-state index contributed by atoms with van der Waals surface area (Å²) < 4.78 is 0.902. The van der Waals surface area contributed by atoms with Gasteiger partial charge in [0.25, 0.3) is 0 Å². The van der Waals surface area contributed by atoms with Gasteiger partial charge in [-0.05, 0) is 71.3 Å². The van der Waals surface area contributed by atoms with Gasteiger partial charge in [-0.1, -0.05) is 11.6 Å². The summed E-state index contributed by atoms with van der Waals surface area (Å²) in [5.74, 6) is 0.836. The zero-order valence-electron chi connectivity index (χ0n) is 12.2. The number of nitrogens with one attached hydrogen (secondary N) is 1. The third-order valence-corrected chi connectivity index (χ3v) is 4.85. The van der Waals surface area contributed by atoms with E-state index in [-0.39, 0.29) is 5.54 Å². The second-order valence-electron chi connectivity index (χ2n) is 6.56. The molecule has 2 nitrogen and oxygen atoms in total. The Bertz CT molecular complexity index is 389. The summed E-state index contributed by atoms with van der Waals surface area (Å²) in [7, 11) is 0. The maximum atomic E-state index is 5.98. The third-order valence-electron chi connectivity index (χ3n) is 3.64. The molecule has 0 bridgehead atoms. The van der Waals surface area contributed by atoms with Gasteiger partial charge < -0.3 is 5.32 Å². The molecule has 2 heterocycles. The summed E-state index contributed by atoms with van der Waals surface area (Å²) in [4.78, 5) is 3.94. The van der Waals surface area contributed by atoms with E-state index >= 15 is 0 Å². The van der Waals surface area contributed by atoms with E-state index in [0.29, 0.717) is 0 Å². The van der Waals surface area contributed by atoms with Crippen LogP contribution in [0.25, 0.3) is 0 Å². The lowest BCUT2D eigenvalue weighted by molar-refractivity contribution is 0.171. The largest absolute Gasteiger partial charge is 0.312 e. The van der Waals surface area contributed by atoms with E-state index < -0.39 is 0 Å². The van der Waals surface area contributed by atoms with Crippen molar-refractivity contribution in [3.05, 3.63) is 21.3 Å². The number of halogens is 1. The minimum Gasteiger partial charge on any atom is -0.312 e. The molecule has 0 spiro atoms. The number of hydrogen-bond acceptors (Lipinski definition) is 3. The summed E-state index contributed by atoms with van der Waals surface area (Å²) in [6, 6.07) is 4.15. The molecule has 1 aromatic heterocycles. The molecule has 0 aromatic carbocycles. The van der Waals surface area contributed by atoms with Gasteiger partial charge in [0.1, 0.15) is 0 Å². The van der Waals surface area contributed by atoms with Crippen molar-refractivity contribution in [3.8, 4) is 0 Å². The van der Waals surface area contributed by atoms with Crippen LogP contribution >= 0.6 is 22.9 Å². The topological polar surface area (TPSA) is 15.3 Å². The van der Waals surface area contributed by atoms with Crippen molar-refractivity contribution in [3.63, 3.8) is 0 Å². The number of rotatable bonds is 4. The minimum absolute atomic E-state index is 0.241. The molecule has 1 aromatic rings. The molecule has 0 radical (unpaired) electrons. The predicted molar refractivity (Wildman–Crippen MR) is 85.1 cm³/mol. The number of nitrogens with zero attached hydrogens (tertiary/aromatic N) is 1. The van der Waals surface area contributed by atoms with Crippen LogP contribution in [-0.4, -0.2) is 30.1 Å². The minimum atomic E-state index is 0.241. The first-order chi connectivity index (χ1) is 8.92. The van der Waals surface area contributed by atoms with Crippen molar-refractivity contribution in [1.82, 2.24) is 10.2 Å². The van der Waals surface area contributed by atoms with E-state index in [9.17, 15) is 0 Å². The highest BCUT2D eigenvalue weighted by atomic mass is 35.5. The normalized spacial score (nSPS) is 18.9. The molecule has 19 heavy (non-hydrogen) atoms. The average molecular weight is 301 g/mol. The fraction of sp³-hybridized carbons (Fsp3) is 0.733. The van der Waals surface area contributed by atoms with E-state index in [4.69, 9.17) is 11.6 Å². The molecule has 108 valence electrons. The molecule has 0 atom stereocenters. The SMILES string of the molecule is CC(C)(C)NCC1CCN(Cc2ccc(Cl)s2)CC1. The van der Waals surface area contributed by atoms with Gasteiger partial charge in [0, 0.05) is 17.0 Å². The van der Waals surface area contributed by atoms with Gasteiger partial charge in [0.2, 0.25) is 0 Å². The Morgan fingerprint density at radius 2 is 2.00 bits per heavy atom. The molecule has 1 saturated heterocycles. The van der Waals surface area contributed by atoms with Gasteiger partial charge in [-0.15, -0.1) is 11.3 Å². The van der Waals surface area contributed by atoms with Crippen LogP contribution in [0.4, 0.5) is 0 Å². The monoisotopic (exact) mass is 300 g/mol. The standard InChI is InChI=1S/C15H25ClN2S/c1-15(2,3)17-10-12-6-8-18(9-7-12)11-13-4-5-14(16)19-13/h4-5,12,17H,6-11H2,1-3H3. The van der Waals surface area contributed by atoms with E-state index in [0.717, 1.165) is 23.3 Å². The lowest BCUT2D eigenvalue weighted by Crippen LogP contribution is -2.42. The highest BCUT2D eigenvalue weighted by Crippen LogP contribution is 2.25. The Balaban J connectivity index is 1.70. The van der Waals surface area contributed by atoms with Crippen molar-refractivity contribution in [2.24, 2.45) is 5.92 Å². The summed E-state index contributed by atoms with van der Waals surface area (Å²) in [5, 5.41) is 3.63. The van der Waals surface area contributed by atoms with Crippen LogP contribution in [-0.2, 0) is 6.54 Å². The molecular formula is C15H25ClN2S. The molecule has 4 heteroatoms. The summed E-state index contributed by atoms with van der Waals surface area (Å²) in [5.41, 5.74) is 0.241. The van der Waals surface area contributed by atoms with Gasteiger partial charge in [0.15, 0.2) is 0 Å². The first-order valence-electron chi connectivity index (χ1n) is 7.14. The van der Waals surface area contributed by atoms with Crippen LogP contribution in [0.15, 0.2) is 12.1 Å². The fourth-order valence-corrected chi connectivity index (χ4v) is 3.59. The second kappa shape index (κ2) is 6.57. The molecule has 0 saturated carbocycles. The predicted octanol–water partition coefficient (Wildman–Crippen LogP) is 4.00. The summed E-state index contributed by atoms with van der Waals surface area (Å²) in [6.45, 7) is 11.4. The van der Waals surface area contributed by atoms with E-state index in [1.807, 2.05) is 6.07 Å². The van der Waals surface area contributed by atoms with Gasteiger partial charge in [-0.3, -0.25) is 4.90 Å². The van der Waals surface area contributed by atoms with Crippen LogP contribution in [0.5, 0.6) is 0 Å². The third kappa shape index (κ3) is 5.42. The van der Waals surface area contributed by atoms with Gasteiger partial charge >= 0.3 is 0 Å². The fourth-order valence-electron chi connectivity index (χ4n) is 2.46. The molecule has 1 fully saturated rings. The van der Waals surface area contributed by atoms with Gasteiger partial charge in [0.05, 0.1) is 4.34 Å². The van der Waals surface area contributed by atoms with Gasteiger partial charge in [-0.2, -0.15) is 0 Å². The lowest BCUT2D eigenvalue weighted by Gasteiger charge is -2.33. The van der Waals surface area contributed by atoms with Crippen LogP contribution in [0.3, 0.4) is 0 Å². The zero-order valence-corrected chi connectivity index (χ0v) is 13.8. The maximum Gasteiger partial charge on any atom is 0.0931 e. The van der Waals surface area contributed by atoms with Crippen LogP contribution in [0, 0.1) is 5.92 Å². The van der Waals surface area contributed by atoms with Crippen LogP contribution in [0.1, 0.15) is 38.5 Å². The molecule has 0 unspecified atom stereocenters. The molecule has 1 aliphatic heterocycles. The molecule has 1 aliphatic rings. The van der Waals surface area contributed by atoms with Crippen molar-refractivity contribution >= 4 is 22.9 Å². The van der Waals surface area contributed by atoms with Crippen molar-refractivity contribution in [1.29, 1.82) is 0 Å². The Morgan fingerprint density at radius 1 is 1.32 bits per heavy atom. The summed E-state index contributed by atoms with van der Waals surface area (Å²) >= 11 is 7.68. The average Bonchev–Trinajstić information content (AvgIpc) is 2.73. The van der Waals surface area contributed by atoms with E-state index in [1.54, 1.807) is 11.3 Å². The van der Waals surface area contributed by atoms with Crippen LogP contribution < -0.4 is 5.32 Å². The van der Waals surface area contributed by atoms with Crippen molar-refractivity contribution < 1.29 is 0 Å². The molecule has 0 aliphatic carbocycles. The van der Waals surface area contributed by atoms with Crippen LogP contribution in [0.2, 0.25) is 4.34 Å². The van der Waals surface area contributed by atoms with E-state index in [1.165, 1.54) is 30.8 Å². The number of thiophene rings is 1. The zero-order chi connectivity index (χ0) is 13.9. The molecular weight excluding hydrogens is 276 g/mol. The summed E-state index contributed by atoms with van der Waals surface area (Å²) in [6.07, 6.45) is 2.62. The highest BCUT2D eigenvalue weighted by molar-refractivity contribution is 7.16. The smallest absolute Gasteiger partial charge is 0.0931 e. The molecule has 0 amide bonds. The lowest BCUT2D eigenvalue weighted by atomic mass is 9.95. The number of likely N-dealkylation sites (tertiary alicyclic amines) is 1. The second-order valence-corrected chi connectivity index (χ2v) is 8.36. The Kier molecular flexibility index (Phi) is 5.29. The Labute approximate surface area is 126 Å². The Hall–Kier alpha value is -0.0900. The van der Waals surface area contributed by atoms with E-state index in [2.05, 4.69) is 37.1 Å². The van der Waals surface area contributed by atoms with Crippen molar-refractivity contribution in [2.45, 2.75) is 45.7 Å². The first kappa shape index (κ1) is 15.3. The van der Waals surface area contributed by atoms with Crippen molar-refractivity contribution in [2.75, 3.05) is 19.6 Å². The quantitative estimate of drug-likeness (QED) is 0.904. The first-order valence-corrected chi connectivity index (χ1v) is 8.33. The maximum absolute atomic E-state index is 5.98. The van der Waals surface area contributed by atoms with Gasteiger partial charge in [-0.25, -0.2) is 0 Å². The Morgan fingerprint density at radius 3 is 2.53 bits per heavy atom. The molecule has 1 N–H and O–H groups in total. The highest BCUT2D eigenvalue weighted by Gasteiger charge is 2.21. The number of piperidine rings is 1. The molecule has 2 rings (SSSR count). The number of hydrogen-bond donors (Lipinski definition) is 1.